The van der Waals surface area contributed by atoms with Crippen molar-refractivity contribution in [1.82, 2.24) is 0 Å². The number of hydrogen-bond donors (Lipinski definition) is 1. The highest BCUT2D eigenvalue weighted by Crippen LogP contribution is 2.29. The van der Waals surface area contributed by atoms with Gasteiger partial charge in [0, 0.05) is 24.3 Å². The van der Waals surface area contributed by atoms with E-state index < -0.39 is 0 Å². The van der Waals surface area contributed by atoms with Gasteiger partial charge in [0.2, 0.25) is 5.91 Å². The second-order valence-electron chi connectivity index (χ2n) is 5.42. The van der Waals surface area contributed by atoms with Crippen molar-refractivity contribution in [1.29, 1.82) is 0 Å². The first kappa shape index (κ1) is 13.9. The fourth-order valence-corrected chi connectivity index (χ4v) is 2.96. The van der Waals surface area contributed by atoms with Crippen LogP contribution in [0, 0.1) is 5.92 Å². The van der Waals surface area contributed by atoms with Crippen LogP contribution in [0.1, 0.15) is 45.4 Å². The maximum atomic E-state index is 12.3. The monoisotopic (exact) mass is 260 g/mol. The largest absolute Gasteiger partial charge is 0.399 e. The Kier molecular flexibility index (Phi) is 4.83. The first-order valence-electron chi connectivity index (χ1n) is 7.36. The number of nitrogen functional groups attached to an aromatic ring is 1. The molecule has 0 aliphatic heterocycles. The van der Waals surface area contributed by atoms with E-state index in [4.69, 9.17) is 5.73 Å². The SMILES string of the molecule is CCN(C(=O)CCC1CCCC1)c1cccc(N)c1. The Balaban J connectivity index is 1.94. The van der Waals surface area contributed by atoms with Crippen molar-refractivity contribution in [2.24, 2.45) is 5.92 Å². The van der Waals surface area contributed by atoms with E-state index in [0.717, 1.165) is 18.0 Å². The smallest absolute Gasteiger partial charge is 0.226 e. The first-order chi connectivity index (χ1) is 9.20. The molecular weight excluding hydrogens is 236 g/mol. The van der Waals surface area contributed by atoms with Gasteiger partial charge in [-0.05, 0) is 37.5 Å². The number of carbonyl (C=O) groups excluding carboxylic acids is 1. The van der Waals surface area contributed by atoms with Crippen LogP contribution in [0.5, 0.6) is 0 Å². The van der Waals surface area contributed by atoms with Crippen molar-refractivity contribution in [3.8, 4) is 0 Å². The molecule has 1 aliphatic carbocycles. The van der Waals surface area contributed by atoms with Crippen molar-refractivity contribution in [2.75, 3.05) is 17.2 Å². The molecule has 0 atom stereocenters. The van der Waals surface area contributed by atoms with E-state index >= 15 is 0 Å². The molecule has 0 saturated heterocycles. The fraction of sp³-hybridized carbons (Fsp3) is 0.562. The van der Waals surface area contributed by atoms with Gasteiger partial charge in [-0.25, -0.2) is 0 Å². The molecule has 0 heterocycles. The number of benzene rings is 1. The Hall–Kier alpha value is -1.51. The predicted molar refractivity (Wildman–Crippen MR) is 80.1 cm³/mol. The molecule has 0 bridgehead atoms. The zero-order valence-corrected chi connectivity index (χ0v) is 11.8. The van der Waals surface area contributed by atoms with E-state index in [1.807, 2.05) is 36.1 Å². The molecule has 104 valence electrons. The maximum Gasteiger partial charge on any atom is 0.226 e. The lowest BCUT2D eigenvalue weighted by molar-refractivity contribution is -0.118. The van der Waals surface area contributed by atoms with Gasteiger partial charge < -0.3 is 10.6 Å². The third kappa shape index (κ3) is 3.72. The Morgan fingerprint density at radius 1 is 1.37 bits per heavy atom. The third-order valence-corrected chi connectivity index (χ3v) is 4.04. The van der Waals surface area contributed by atoms with Gasteiger partial charge >= 0.3 is 0 Å². The minimum Gasteiger partial charge on any atom is -0.399 e. The lowest BCUT2D eigenvalue weighted by atomic mass is 10.0. The summed E-state index contributed by atoms with van der Waals surface area (Å²) in [7, 11) is 0. The number of rotatable bonds is 5. The minimum absolute atomic E-state index is 0.222. The summed E-state index contributed by atoms with van der Waals surface area (Å²) in [5.41, 5.74) is 7.41. The zero-order chi connectivity index (χ0) is 13.7. The Bertz CT molecular complexity index is 425. The van der Waals surface area contributed by atoms with Crippen LogP contribution in [0.4, 0.5) is 11.4 Å². The maximum absolute atomic E-state index is 12.3. The summed E-state index contributed by atoms with van der Waals surface area (Å²) < 4.78 is 0. The van der Waals surface area contributed by atoms with Gasteiger partial charge in [-0.15, -0.1) is 0 Å². The molecule has 0 radical (unpaired) electrons. The van der Waals surface area contributed by atoms with Gasteiger partial charge in [0.05, 0.1) is 0 Å². The highest BCUT2D eigenvalue weighted by molar-refractivity contribution is 5.93. The number of nitrogens with two attached hydrogens (primary N) is 1. The van der Waals surface area contributed by atoms with Crippen LogP contribution >= 0.6 is 0 Å². The summed E-state index contributed by atoms with van der Waals surface area (Å²) in [6.45, 7) is 2.71. The summed E-state index contributed by atoms with van der Waals surface area (Å²) in [4.78, 5) is 14.2. The molecule has 2 rings (SSSR count). The molecule has 0 aromatic heterocycles. The summed E-state index contributed by atoms with van der Waals surface area (Å²) in [5, 5.41) is 0. The molecule has 0 unspecified atom stereocenters. The zero-order valence-electron chi connectivity index (χ0n) is 11.8. The van der Waals surface area contributed by atoms with E-state index in [-0.39, 0.29) is 5.91 Å². The molecule has 3 heteroatoms. The Labute approximate surface area is 115 Å². The number of carbonyl (C=O) groups is 1. The van der Waals surface area contributed by atoms with E-state index in [1.54, 1.807) is 0 Å². The summed E-state index contributed by atoms with van der Waals surface area (Å²) >= 11 is 0. The molecule has 1 fully saturated rings. The van der Waals surface area contributed by atoms with Crippen LogP contribution in [0.25, 0.3) is 0 Å². The predicted octanol–water partition coefficient (Wildman–Crippen LogP) is 3.59. The van der Waals surface area contributed by atoms with Crippen LogP contribution in [0.2, 0.25) is 0 Å². The van der Waals surface area contributed by atoms with Crippen molar-refractivity contribution >= 4 is 17.3 Å². The van der Waals surface area contributed by atoms with Crippen LogP contribution in [0.3, 0.4) is 0 Å². The molecule has 3 nitrogen and oxygen atoms in total. The molecule has 19 heavy (non-hydrogen) atoms. The quantitative estimate of drug-likeness (QED) is 0.822. The molecule has 1 aliphatic rings. The number of anilines is 2. The topological polar surface area (TPSA) is 46.3 Å². The van der Waals surface area contributed by atoms with Crippen LogP contribution in [-0.2, 0) is 4.79 Å². The lowest BCUT2D eigenvalue weighted by Gasteiger charge is -2.22. The van der Waals surface area contributed by atoms with E-state index in [0.29, 0.717) is 18.7 Å². The van der Waals surface area contributed by atoms with Gasteiger partial charge in [-0.3, -0.25) is 4.79 Å². The van der Waals surface area contributed by atoms with Gasteiger partial charge in [-0.2, -0.15) is 0 Å². The lowest BCUT2D eigenvalue weighted by Crippen LogP contribution is -2.30. The van der Waals surface area contributed by atoms with Crippen molar-refractivity contribution in [3.63, 3.8) is 0 Å². The van der Waals surface area contributed by atoms with Crippen LogP contribution in [0.15, 0.2) is 24.3 Å². The van der Waals surface area contributed by atoms with Gasteiger partial charge in [0.25, 0.3) is 0 Å². The molecule has 1 aromatic rings. The molecule has 0 spiro atoms. The van der Waals surface area contributed by atoms with Gasteiger partial charge in [0.1, 0.15) is 0 Å². The molecule has 2 N–H and O–H groups in total. The van der Waals surface area contributed by atoms with Crippen molar-refractivity contribution in [2.45, 2.75) is 45.4 Å². The third-order valence-electron chi connectivity index (χ3n) is 4.04. The second-order valence-corrected chi connectivity index (χ2v) is 5.42. The van der Waals surface area contributed by atoms with Crippen LogP contribution < -0.4 is 10.6 Å². The number of hydrogen-bond acceptors (Lipinski definition) is 2. The summed E-state index contributed by atoms with van der Waals surface area (Å²) in [5.74, 6) is 0.989. The molecule has 1 saturated carbocycles. The summed E-state index contributed by atoms with van der Waals surface area (Å²) in [6, 6.07) is 7.57. The normalized spacial score (nSPS) is 15.6. The van der Waals surface area contributed by atoms with E-state index in [1.165, 1.54) is 25.7 Å². The van der Waals surface area contributed by atoms with Crippen LogP contribution in [-0.4, -0.2) is 12.5 Å². The highest BCUT2D eigenvalue weighted by Gasteiger charge is 2.19. The van der Waals surface area contributed by atoms with Gasteiger partial charge in [-0.1, -0.05) is 31.7 Å². The second kappa shape index (κ2) is 6.60. The van der Waals surface area contributed by atoms with Crippen molar-refractivity contribution in [3.05, 3.63) is 24.3 Å². The average molecular weight is 260 g/mol. The Morgan fingerprint density at radius 2 is 2.11 bits per heavy atom. The summed E-state index contributed by atoms with van der Waals surface area (Å²) in [6.07, 6.45) is 6.98. The number of nitrogens with zero attached hydrogens (tertiary/aromatic N) is 1. The Morgan fingerprint density at radius 3 is 2.74 bits per heavy atom. The highest BCUT2D eigenvalue weighted by atomic mass is 16.2. The molecule has 1 aromatic carbocycles. The first-order valence-corrected chi connectivity index (χ1v) is 7.36. The average Bonchev–Trinajstić information content (AvgIpc) is 2.90. The van der Waals surface area contributed by atoms with E-state index in [2.05, 4.69) is 0 Å². The van der Waals surface area contributed by atoms with Crippen molar-refractivity contribution < 1.29 is 4.79 Å². The van der Waals surface area contributed by atoms with E-state index in [9.17, 15) is 4.79 Å². The number of amides is 1. The fourth-order valence-electron chi connectivity index (χ4n) is 2.96. The molecule has 1 amide bonds. The van der Waals surface area contributed by atoms with Gasteiger partial charge in [0.15, 0.2) is 0 Å². The minimum atomic E-state index is 0.222. The standard InChI is InChI=1S/C16H24N2O/c1-2-18(15-9-5-8-14(17)12-15)16(19)11-10-13-6-3-4-7-13/h5,8-9,12-13H,2-4,6-7,10-11,17H2,1H3. The molecular formula is C16H24N2O.